The van der Waals surface area contributed by atoms with Gasteiger partial charge in [0.2, 0.25) is 0 Å². The molecule has 0 aliphatic heterocycles. The van der Waals surface area contributed by atoms with Gasteiger partial charge in [-0.1, -0.05) is 35.9 Å². The molecule has 0 saturated carbocycles. The van der Waals surface area contributed by atoms with Crippen LogP contribution in [-0.2, 0) is 12.8 Å². The van der Waals surface area contributed by atoms with Gasteiger partial charge in [0.05, 0.1) is 0 Å². The largest absolute Gasteiger partial charge is 0.271 e. The molecule has 0 amide bonds. The van der Waals surface area contributed by atoms with Crippen LogP contribution < -0.4 is 11.3 Å². The van der Waals surface area contributed by atoms with Crippen LogP contribution in [0, 0.1) is 5.92 Å². The number of allylic oxidation sites excluding steroid dienone is 1. The van der Waals surface area contributed by atoms with Crippen molar-refractivity contribution in [1.82, 2.24) is 5.43 Å². The molecule has 1 aromatic carbocycles. The quantitative estimate of drug-likeness (QED) is 0.495. The van der Waals surface area contributed by atoms with Gasteiger partial charge in [0.15, 0.2) is 0 Å². The van der Waals surface area contributed by atoms with Gasteiger partial charge in [0, 0.05) is 6.04 Å². The molecule has 2 atom stereocenters. The predicted molar refractivity (Wildman–Crippen MR) is 79.6 cm³/mol. The average molecular weight is 256 g/mol. The summed E-state index contributed by atoms with van der Waals surface area (Å²) in [4.78, 5) is 0. The lowest BCUT2D eigenvalue weighted by Gasteiger charge is -2.34. The molecule has 3 rings (SSSR count). The fourth-order valence-electron chi connectivity index (χ4n) is 3.70. The zero-order chi connectivity index (χ0) is 13.1. The van der Waals surface area contributed by atoms with Crippen LogP contribution in [0.4, 0.5) is 0 Å². The van der Waals surface area contributed by atoms with E-state index in [-0.39, 0.29) is 0 Å². The molecule has 0 spiro atoms. The fraction of sp³-hybridized carbons (Fsp3) is 0.529. The first-order chi connectivity index (χ1) is 9.38. The summed E-state index contributed by atoms with van der Waals surface area (Å²) in [5, 5.41) is 0. The van der Waals surface area contributed by atoms with Crippen molar-refractivity contribution in [2.45, 2.75) is 51.0 Å². The van der Waals surface area contributed by atoms with Crippen molar-refractivity contribution in [3.63, 3.8) is 0 Å². The Balaban J connectivity index is 1.77. The highest BCUT2D eigenvalue weighted by atomic mass is 15.2. The molecular weight excluding hydrogens is 232 g/mol. The van der Waals surface area contributed by atoms with Crippen molar-refractivity contribution in [3.8, 4) is 0 Å². The zero-order valence-corrected chi connectivity index (χ0v) is 11.6. The fourth-order valence-corrected chi connectivity index (χ4v) is 3.70. The van der Waals surface area contributed by atoms with E-state index < -0.39 is 0 Å². The number of rotatable bonds is 3. The van der Waals surface area contributed by atoms with E-state index in [2.05, 4.69) is 35.8 Å². The molecule has 0 heterocycles. The number of benzene rings is 1. The van der Waals surface area contributed by atoms with Crippen molar-refractivity contribution in [1.29, 1.82) is 0 Å². The number of fused-ring (bicyclic) bond motifs is 1. The van der Waals surface area contributed by atoms with Gasteiger partial charge in [-0.15, -0.1) is 0 Å². The van der Waals surface area contributed by atoms with Crippen LogP contribution in [0.2, 0.25) is 0 Å². The Kier molecular flexibility index (Phi) is 4.00. The maximum atomic E-state index is 5.86. The molecule has 2 aliphatic carbocycles. The maximum absolute atomic E-state index is 5.86. The third-order valence-electron chi connectivity index (χ3n) is 4.76. The highest BCUT2D eigenvalue weighted by Crippen LogP contribution is 2.32. The van der Waals surface area contributed by atoms with Crippen LogP contribution >= 0.6 is 0 Å². The summed E-state index contributed by atoms with van der Waals surface area (Å²) < 4.78 is 0. The average Bonchev–Trinajstić information content (AvgIpc) is 2.49. The van der Waals surface area contributed by atoms with E-state index in [0.29, 0.717) is 12.0 Å². The van der Waals surface area contributed by atoms with Gasteiger partial charge in [-0.25, -0.2) is 0 Å². The van der Waals surface area contributed by atoms with Crippen LogP contribution in [0.5, 0.6) is 0 Å². The van der Waals surface area contributed by atoms with E-state index >= 15 is 0 Å². The number of aryl methyl sites for hydroxylation is 1. The number of hydrogen-bond donors (Lipinski definition) is 2. The summed E-state index contributed by atoms with van der Waals surface area (Å²) in [6.07, 6.45) is 11.2. The molecule has 0 saturated heterocycles. The Hall–Kier alpha value is -1.12. The van der Waals surface area contributed by atoms with Gasteiger partial charge < -0.3 is 0 Å². The van der Waals surface area contributed by atoms with E-state index in [9.17, 15) is 0 Å². The minimum atomic E-state index is 0.383. The molecule has 2 aliphatic rings. The highest BCUT2D eigenvalue weighted by Gasteiger charge is 2.28. The summed E-state index contributed by atoms with van der Waals surface area (Å²) in [5.41, 5.74) is 7.72. The Morgan fingerprint density at radius 2 is 1.95 bits per heavy atom. The van der Waals surface area contributed by atoms with Crippen LogP contribution in [0.25, 0.3) is 0 Å². The molecular formula is C17H24N2. The molecule has 0 fully saturated rings. The second kappa shape index (κ2) is 5.89. The molecule has 102 valence electrons. The maximum Gasteiger partial charge on any atom is 0.0451 e. The van der Waals surface area contributed by atoms with Gasteiger partial charge in [-0.3, -0.25) is 11.3 Å². The third-order valence-corrected chi connectivity index (χ3v) is 4.76. The number of nitrogens with one attached hydrogen (secondary N) is 1. The van der Waals surface area contributed by atoms with Crippen molar-refractivity contribution in [2.24, 2.45) is 11.8 Å². The van der Waals surface area contributed by atoms with Crippen LogP contribution in [0.15, 0.2) is 35.9 Å². The van der Waals surface area contributed by atoms with Gasteiger partial charge in [-0.2, -0.15) is 0 Å². The Bertz CT molecular complexity index is 464. The lowest BCUT2D eigenvalue weighted by molar-refractivity contribution is 0.346. The first kappa shape index (κ1) is 12.9. The second-order valence-electron chi connectivity index (χ2n) is 5.94. The lowest BCUT2D eigenvalue weighted by Crippen LogP contribution is -2.44. The molecule has 2 nitrogen and oxygen atoms in total. The molecule has 1 aromatic rings. The molecule has 19 heavy (non-hydrogen) atoms. The van der Waals surface area contributed by atoms with E-state index in [1.54, 1.807) is 5.57 Å². The summed E-state index contributed by atoms with van der Waals surface area (Å²) in [5.74, 6) is 6.52. The van der Waals surface area contributed by atoms with E-state index in [1.165, 1.54) is 56.1 Å². The normalized spacial score (nSPS) is 24.5. The minimum absolute atomic E-state index is 0.383. The lowest BCUT2D eigenvalue weighted by atomic mass is 9.76. The Morgan fingerprint density at radius 3 is 2.68 bits per heavy atom. The minimum Gasteiger partial charge on any atom is -0.271 e. The van der Waals surface area contributed by atoms with Crippen LogP contribution in [0.3, 0.4) is 0 Å². The summed E-state index contributed by atoms with van der Waals surface area (Å²) in [6, 6.07) is 9.25. The van der Waals surface area contributed by atoms with Crippen molar-refractivity contribution in [3.05, 3.63) is 47.0 Å². The number of nitrogens with two attached hydrogens (primary N) is 1. The molecule has 0 radical (unpaired) electrons. The topological polar surface area (TPSA) is 38.0 Å². The van der Waals surface area contributed by atoms with Crippen molar-refractivity contribution < 1.29 is 0 Å². The monoisotopic (exact) mass is 256 g/mol. The molecule has 2 unspecified atom stereocenters. The smallest absolute Gasteiger partial charge is 0.0451 e. The van der Waals surface area contributed by atoms with E-state index in [1.807, 2.05) is 0 Å². The van der Waals surface area contributed by atoms with Crippen molar-refractivity contribution in [2.75, 3.05) is 0 Å². The molecule has 0 aromatic heterocycles. The van der Waals surface area contributed by atoms with Gasteiger partial charge in [0.1, 0.15) is 0 Å². The van der Waals surface area contributed by atoms with Crippen molar-refractivity contribution >= 4 is 0 Å². The first-order valence-corrected chi connectivity index (χ1v) is 7.60. The Morgan fingerprint density at radius 1 is 1.11 bits per heavy atom. The second-order valence-corrected chi connectivity index (χ2v) is 5.94. The number of hydrazine groups is 1. The molecule has 0 bridgehead atoms. The third kappa shape index (κ3) is 2.75. The summed E-state index contributed by atoms with van der Waals surface area (Å²) >= 11 is 0. The van der Waals surface area contributed by atoms with Gasteiger partial charge in [0.25, 0.3) is 0 Å². The van der Waals surface area contributed by atoms with Gasteiger partial charge in [-0.05, 0) is 62.0 Å². The highest BCUT2D eigenvalue weighted by molar-refractivity contribution is 5.31. The summed E-state index contributed by atoms with van der Waals surface area (Å²) in [6.45, 7) is 0. The van der Waals surface area contributed by atoms with E-state index in [4.69, 9.17) is 5.84 Å². The molecule has 2 heteroatoms. The summed E-state index contributed by atoms with van der Waals surface area (Å²) in [7, 11) is 0. The van der Waals surface area contributed by atoms with E-state index in [0.717, 1.165) is 0 Å². The van der Waals surface area contributed by atoms with Crippen LogP contribution in [0.1, 0.15) is 43.2 Å². The van der Waals surface area contributed by atoms with Gasteiger partial charge >= 0.3 is 0 Å². The first-order valence-electron chi connectivity index (χ1n) is 7.60. The number of hydrogen-bond acceptors (Lipinski definition) is 2. The standard InChI is InChI=1S/C17H24N2/c18-19-17(14-7-2-1-3-8-14)16-11-10-13-6-4-5-9-15(13)12-16/h4-7,9,16-17,19H,1-3,8,10-12,18H2. The SMILES string of the molecule is NNC(C1=CCCCC1)C1CCc2ccccc2C1. The Labute approximate surface area is 116 Å². The van der Waals surface area contributed by atoms with Crippen LogP contribution in [-0.4, -0.2) is 6.04 Å². The zero-order valence-electron chi connectivity index (χ0n) is 11.6. The molecule has 3 N–H and O–H groups in total. The predicted octanol–water partition coefficient (Wildman–Crippen LogP) is 3.12.